The molecule has 0 fully saturated rings. The third-order valence-corrected chi connectivity index (χ3v) is 6.99. The number of tetrazole rings is 1. The maximum atomic E-state index is 13.2. The Hall–Kier alpha value is -3.32. The van der Waals surface area contributed by atoms with E-state index in [-0.39, 0.29) is 23.1 Å². The monoisotopic (exact) mass is 472 g/mol. The van der Waals surface area contributed by atoms with Crippen LogP contribution in [0.2, 0.25) is 0 Å². The second kappa shape index (κ2) is 10.1. The predicted octanol–water partition coefficient (Wildman–Crippen LogP) is 5.37. The van der Waals surface area contributed by atoms with Crippen LogP contribution in [-0.2, 0) is 18.6 Å². The topological polar surface area (TPSA) is 79.7 Å². The van der Waals surface area contributed by atoms with Crippen LogP contribution >= 0.6 is 0 Å². The highest BCUT2D eigenvalue weighted by Gasteiger charge is 2.33. The van der Waals surface area contributed by atoms with Gasteiger partial charge in [0, 0.05) is 18.7 Å². The van der Waals surface area contributed by atoms with E-state index >= 15 is 0 Å². The van der Waals surface area contributed by atoms with Crippen molar-refractivity contribution in [2.75, 3.05) is 0 Å². The van der Waals surface area contributed by atoms with Crippen molar-refractivity contribution < 1.29 is 0 Å². The molecule has 1 N–H and O–H groups in total. The molecule has 4 aromatic rings. The number of hydrogen-bond acceptors (Lipinski definition) is 5. The van der Waals surface area contributed by atoms with Gasteiger partial charge in [0.1, 0.15) is 0 Å². The fraction of sp³-hybridized carbons (Fsp3) is 0.429. The Labute approximate surface area is 207 Å². The molecule has 0 bridgehead atoms. The van der Waals surface area contributed by atoms with Gasteiger partial charge in [0.15, 0.2) is 5.82 Å². The maximum Gasteiger partial charge on any atom is 0.252 e. The van der Waals surface area contributed by atoms with Crippen molar-refractivity contribution in [2.45, 2.75) is 72.6 Å². The number of rotatable bonds is 9. The van der Waals surface area contributed by atoms with Crippen molar-refractivity contribution in [1.29, 1.82) is 0 Å². The Bertz CT molecular complexity index is 1340. The zero-order valence-corrected chi connectivity index (χ0v) is 21.6. The highest BCUT2D eigenvalue weighted by atomic mass is 16.1. The molecule has 7 heteroatoms. The highest BCUT2D eigenvalue weighted by Crippen LogP contribution is 2.33. The first kappa shape index (κ1) is 24.8. The lowest BCUT2D eigenvalue weighted by molar-refractivity contribution is 0.118. The summed E-state index contributed by atoms with van der Waals surface area (Å²) in [5.74, 6) is 1.05. The number of aryl methyl sites for hydroxylation is 1. The molecule has 1 atom stereocenters. The second-order valence-electron chi connectivity index (χ2n) is 10.4. The number of para-hydroxylation sites is 1. The molecule has 184 valence electrons. The van der Waals surface area contributed by atoms with E-state index in [0.717, 1.165) is 34.3 Å². The lowest BCUT2D eigenvalue weighted by Gasteiger charge is -2.35. The summed E-state index contributed by atoms with van der Waals surface area (Å²) in [7, 11) is 0. The van der Waals surface area contributed by atoms with Gasteiger partial charge in [-0.25, -0.2) is 4.68 Å². The number of benzene rings is 2. The molecule has 4 rings (SSSR count). The molecular weight excluding hydrogens is 436 g/mol. The van der Waals surface area contributed by atoms with Crippen LogP contribution in [0.25, 0.3) is 10.9 Å². The summed E-state index contributed by atoms with van der Waals surface area (Å²) in [6.07, 6.45) is 0.901. The van der Waals surface area contributed by atoms with E-state index in [1.165, 1.54) is 5.56 Å². The first-order valence-electron chi connectivity index (χ1n) is 12.4. The molecule has 2 aromatic carbocycles. The van der Waals surface area contributed by atoms with Crippen molar-refractivity contribution >= 4 is 10.9 Å². The molecular formula is C28H36N6O. The van der Waals surface area contributed by atoms with Crippen molar-refractivity contribution in [3.8, 4) is 0 Å². The third-order valence-electron chi connectivity index (χ3n) is 6.99. The molecule has 0 saturated carbocycles. The van der Waals surface area contributed by atoms with Gasteiger partial charge in [-0.15, -0.1) is 5.10 Å². The van der Waals surface area contributed by atoms with E-state index in [0.29, 0.717) is 13.1 Å². The van der Waals surface area contributed by atoms with Crippen LogP contribution in [0.1, 0.15) is 69.6 Å². The molecule has 7 nitrogen and oxygen atoms in total. The van der Waals surface area contributed by atoms with Crippen molar-refractivity contribution in [1.82, 2.24) is 30.1 Å². The molecule has 0 aliphatic rings. The van der Waals surface area contributed by atoms with Crippen molar-refractivity contribution in [2.24, 2.45) is 5.92 Å². The SMILES string of the molecule is CCC(C)(C)n1nnnc1C(C(C)C)N(Cc1ccccc1)Cc1cc2cccc(C)c2[nH]c1=O. The molecule has 0 aliphatic heterocycles. The summed E-state index contributed by atoms with van der Waals surface area (Å²) < 4.78 is 1.96. The smallest absolute Gasteiger partial charge is 0.252 e. The molecule has 1 unspecified atom stereocenters. The highest BCUT2D eigenvalue weighted by molar-refractivity contribution is 5.81. The normalized spacial score (nSPS) is 13.1. The van der Waals surface area contributed by atoms with Gasteiger partial charge in [-0.1, -0.05) is 69.3 Å². The van der Waals surface area contributed by atoms with Gasteiger partial charge in [0.05, 0.1) is 17.1 Å². The molecule has 0 aliphatic carbocycles. The van der Waals surface area contributed by atoms with Gasteiger partial charge in [-0.3, -0.25) is 9.69 Å². The van der Waals surface area contributed by atoms with Crippen LogP contribution < -0.4 is 5.56 Å². The minimum Gasteiger partial charge on any atom is -0.321 e. The summed E-state index contributed by atoms with van der Waals surface area (Å²) in [4.78, 5) is 18.6. The van der Waals surface area contributed by atoms with Crippen LogP contribution in [-0.4, -0.2) is 30.1 Å². The van der Waals surface area contributed by atoms with E-state index in [2.05, 4.69) is 72.2 Å². The summed E-state index contributed by atoms with van der Waals surface area (Å²) in [6.45, 7) is 14.0. The van der Waals surface area contributed by atoms with Crippen LogP contribution in [0.3, 0.4) is 0 Å². The average molecular weight is 473 g/mol. The molecule has 0 spiro atoms. The Kier molecular flexibility index (Phi) is 7.17. The number of aromatic amines is 1. The summed E-state index contributed by atoms with van der Waals surface area (Å²) in [5, 5.41) is 14.0. The van der Waals surface area contributed by atoms with Crippen molar-refractivity contribution in [3.05, 3.63) is 87.5 Å². The summed E-state index contributed by atoms with van der Waals surface area (Å²) in [6, 6.07) is 18.4. The third kappa shape index (κ3) is 5.20. The van der Waals surface area contributed by atoms with Gasteiger partial charge < -0.3 is 4.98 Å². The van der Waals surface area contributed by atoms with Crippen molar-refractivity contribution in [3.63, 3.8) is 0 Å². The van der Waals surface area contributed by atoms with Crippen LogP contribution in [0.4, 0.5) is 0 Å². The lowest BCUT2D eigenvalue weighted by Crippen LogP contribution is -2.38. The summed E-state index contributed by atoms with van der Waals surface area (Å²) in [5.41, 5.74) is 3.60. The predicted molar refractivity (Wildman–Crippen MR) is 140 cm³/mol. The first-order chi connectivity index (χ1) is 16.7. The van der Waals surface area contributed by atoms with Gasteiger partial charge >= 0.3 is 0 Å². The van der Waals surface area contributed by atoms with Gasteiger partial charge in [0.25, 0.3) is 5.56 Å². The average Bonchev–Trinajstić information content (AvgIpc) is 3.31. The quantitative estimate of drug-likeness (QED) is 0.354. The van der Waals surface area contributed by atoms with E-state index in [4.69, 9.17) is 0 Å². The molecule has 2 aromatic heterocycles. The number of H-pyrrole nitrogens is 1. The first-order valence-corrected chi connectivity index (χ1v) is 12.4. The number of aromatic nitrogens is 5. The largest absolute Gasteiger partial charge is 0.321 e. The number of nitrogens with one attached hydrogen (secondary N) is 1. The second-order valence-corrected chi connectivity index (χ2v) is 10.4. The fourth-order valence-electron chi connectivity index (χ4n) is 4.68. The zero-order valence-electron chi connectivity index (χ0n) is 21.6. The van der Waals surface area contributed by atoms with Crippen LogP contribution in [0.15, 0.2) is 59.4 Å². The zero-order chi connectivity index (χ0) is 25.2. The van der Waals surface area contributed by atoms with E-state index < -0.39 is 0 Å². The minimum atomic E-state index is -0.220. The number of hydrogen-bond donors (Lipinski definition) is 1. The molecule has 35 heavy (non-hydrogen) atoms. The molecule has 0 radical (unpaired) electrons. The fourth-order valence-corrected chi connectivity index (χ4v) is 4.68. The number of pyridine rings is 1. The van der Waals surface area contributed by atoms with E-state index in [1.807, 2.05) is 54.1 Å². The van der Waals surface area contributed by atoms with Crippen LogP contribution in [0, 0.1) is 12.8 Å². The van der Waals surface area contributed by atoms with Gasteiger partial charge in [-0.05, 0) is 66.1 Å². The van der Waals surface area contributed by atoms with Gasteiger partial charge in [0.2, 0.25) is 0 Å². The van der Waals surface area contributed by atoms with Gasteiger partial charge in [-0.2, -0.15) is 0 Å². The molecule has 2 heterocycles. The van der Waals surface area contributed by atoms with E-state index in [9.17, 15) is 4.79 Å². The van der Waals surface area contributed by atoms with E-state index in [1.54, 1.807) is 0 Å². The Balaban J connectivity index is 1.81. The molecule has 0 saturated heterocycles. The number of nitrogens with zero attached hydrogens (tertiary/aromatic N) is 5. The number of fused-ring (bicyclic) bond motifs is 1. The molecule has 0 amide bonds. The minimum absolute atomic E-state index is 0.0548. The Morgan fingerprint density at radius 1 is 1.06 bits per heavy atom. The summed E-state index contributed by atoms with van der Waals surface area (Å²) >= 11 is 0. The Morgan fingerprint density at radius 2 is 1.80 bits per heavy atom. The maximum absolute atomic E-state index is 13.2. The Morgan fingerprint density at radius 3 is 2.49 bits per heavy atom. The standard InChI is InChI=1S/C28H36N6O/c1-7-28(5,6)34-26(30-31-32-34)25(19(2)3)33(17-21-13-9-8-10-14-21)18-23-16-22-15-11-12-20(4)24(22)29-27(23)35/h8-16,19,25H,7,17-18H2,1-6H3,(H,29,35). The lowest BCUT2D eigenvalue weighted by atomic mass is 9.97. The van der Waals surface area contributed by atoms with Crippen LogP contribution in [0.5, 0.6) is 0 Å².